The van der Waals surface area contributed by atoms with Gasteiger partial charge >= 0.3 is 0 Å². The van der Waals surface area contributed by atoms with Crippen molar-refractivity contribution in [3.05, 3.63) is 36.7 Å². The second kappa shape index (κ2) is 7.89. The average molecular weight is 343 g/mol. The van der Waals surface area contributed by atoms with E-state index in [9.17, 15) is 9.59 Å². The molecular formula is C17H21N5O3. The Morgan fingerprint density at radius 3 is 2.88 bits per heavy atom. The van der Waals surface area contributed by atoms with Crippen LogP contribution in [0.2, 0.25) is 0 Å². The quantitative estimate of drug-likeness (QED) is 0.882. The number of aromatic nitrogens is 3. The van der Waals surface area contributed by atoms with Crippen LogP contribution in [0.25, 0.3) is 5.69 Å². The maximum atomic E-state index is 12.4. The molecule has 2 aromatic rings. The predicted molar refractivity (Wildman–Crippen MR) is 91.2 cm³/mol. The molecule has 8 nitrogen and oxygen atoms in total. The molecule has 1 aromatic heterocycles. The Kier molecular flexibility index (Phi) is 5.39. The van der Waals surface area contributed by atoms with Crippen molar-refractivity contribution in [3.8, 4) is 5.69 Å². The Morgan fingerprint density at radius 1 is 1.32 bits per heavy atom. The van der Waals surface area contributed by atoms with E-state index in [1.807, 2.05) is 30.3 Å². The highest BCUT2D eigenvalue weighted by atomic mass is 16.5. The van der Waals surface area contributed by atoms with Crippen LogP contribution in [-0.4, -0.2) is 57.8 Å². The Bertz CT molecular complexity index is 731. The van der Waals surface area contributed by atoms with Gasteiger partial charge in [0.05, 0.1) is 5.69 Å². The van der Waals surface area contributed by atoms with Crippen LogP contribution in [-0.2, 0) is 14.3 Å². The lowest BCUT2D eigenvalue weighted by Crippen LogP contribution is -2.43. The standard InChI is InChI=1S/C17H21N5O3/c1-25-14-9-5-6-10-21(16(14)24)11-15(23)20-17-18-12-19-22(17)13-7-3-2-4-8-13/h2-4,7-8,12,14H,5-6,9-11H2,1H3,(H,18,19,20,23). The maximum absolute atomic E-state index is 12.4. The first kappa shape index (κ1) is 17.1. The largest absolute Gasteiger partial charge is 0.372 e. The van der Waals surface area contributed by atoms with Crippen molar-refractivity contribution in [2.24, 2.45) is 0 Å². The van der Waals surface area contributed by atoms with Crippen molar-refractivity contribution in [1.29, 1.82) is 0 Å². The summed E-state index contributed by atoms with van der Waals surface area (Å²) in [5.74, 6) is -0.128. The van der Waals surface area contributed by atoms with Gasteiger partial charge in [0.1, 0.15) is 19.0 Å². The van der Waals surface area contributed by atoms with E-state index in [0.29, 0.717) is 18.9 Å². The van der Waals surface area contributed by atoms with Gasteiger partial charge in [-0.2, -0.15) is 14.8 Å². The third kappa shape index (κ3) is 4.03. The topological polar surface area (TPSA) is 89.3 Å². The molecule has 1 aliphatic heterocycles. The molecule has 1 atom stereocenters. The van der Waals surface area contributed by atoms with E-state index in [1.54, 1.807) is 9.58 Å². The van der Waals surface area contributed by atoms with Gasteiger partial charge in [-0.3, -0.25) is 14.9 Å². The fourth-order valence-corrected chi connectivity index (χ4v) is 2.87. The first-order chi connectivity index (χ1) is 12.2. The third-order valence-electron chi connectivity index (χ3n) is 4.15. The van der Waals surface area contributed by atoms with Crippen LogP contribution in [0, 0.1) is 0 Å². The number of para-hydroxylation sites is 1. The van der Waals surface area contributed by atoms with Crippen LogP contribution in [0.5, 0.6) is 0 Å². The van der Waals surface area contributed by atoms with Crippen LogP contribution in [0.1, 0.15) is 19.3 Å². The van der Waals surface area contributed by atoms with Gasteiger partial charge in [-0.15, -0.1) is 0 Å². The zero-order valence-electron chi connectivity index (χ0n) is 14.1. The monoisotopic (exact) mass is 343 g/mol. The number of rotatable bonds is 5. The summed E-state index contributed by atoms with van der Waals surface area (Å²) >= 11 is 0. The molecule has 0 spiro atoms. The number of benzene rings is 1. The normalized spacial score (nSPS) is 18.0. The Balaban J connectivity index is 1.67. The SMILES string of the molecule is COC1CCCCN(CC(=O)Nc2ncnn2-c2ccccc2)C1=O. The third-order valence-corrected chi connectivity index (χ3v) is 4.15. The molecule has 1 aromatic carbocycles. The number of anilines is 1. The van der Waals surface area contributed by atoms with Gasteiger partial charge in [-0.1, -0.05) is 18.2 Å². The van der Waals surface area contributed by atoms with Crippen LogP contribution in [0.3, 0.4) is 0 Å². The molecule has 0 radical (unpaired) electrons. The van der Waals surface area contributed by atoms with Crippen LogP contribution in [0.4, 0.5) is 5.95 Å². The number of ether oxygens (including phenoxy) is 1. The summed E-state index contributed by atoms with van der Waals surface area (Å²) in [6, 6.07) is 9.39. The van der Waals surface area contributed by atoms with E-state index in [-0.39, 0.29) is 18.4 Å². The van der Waals surface area contributed by atoms with Gasteiger partial charge in [0, 0.05) is 13.7 Å². The van der Waals surface area contributed by atoms with Crippen LogP contribution >= 0.6 is 0 Å². The van der Waals surface area contributed by atoms with E-state index < -0.39 is 6.10 Å². The van der Waals surface area contributed by atoms with Crippen LogP contribution in [0.15, 0.2) is 36.7 Å². The molecule has 0 aliphatic carbocycles. The lowest BCUT2D eigenvalue weighted by molar-refractivity contribution is -0.143. The van der Waals surface area contributed by atoms with Crippen molar-refractivity contribution in [1.82, 2.24) is 19.7 Å². The van der Waals surface area contributed by atoms with Gasteiger partial charge < -0.3 is 9.64 Å². The van der Waals surface area contributed by atoms with E-state index in [0.717, 1.165) is 18.5 Å². The number of hydrogen-bond donors (Lipinski definition) is 1. The predicted octanol–water partition coefficient (Wildman–Crippen LogP) is 1.23. The molecule has 8 heteroatoms. The van der Waals surface area contributed by atoms with E-state index in [4.69, 9.17) is 4.74 Å². The average Bonchev–Trinajstić information content (AvgIpc) is 3.01. The summed E-state index contributed by atoms with van der Waals surface area (Å²) in [4.78, 5) is 30.4. The number of methoxy groups -OCH3 is 1. The highest BCUT2D eigenvalue weighted by Gasteiger charge is 2.28. The number of hydrogen-bond acceptors (Lipinski definition) is 5. The van der Waals surface area contributed by atoms with Gasteiger partial charge in [0.15, 0.2) is 0 Å². The highest BCUT2D eigenvalue weighted by Crippen LogP contribution is 2.15. The summed E-state index contributed by atoms with van der Waals surface area (Å²) in [6.45, 7) is 0.526. The second-order valence-corrected chi connectivity index (χ2v) is 5.86. The summed E-state index contributed by atoms with van der Waals surface area (Å²) < 4.78 is 6.77. The fraction of sp³-hybridized carbons (Fsp3) is 0.412. The summed E-state index contributed by atoms with van der Waals surface area (Å²) in [6.07, 6.45) is 3.36. The molecule has 3 rings (SSSR count). The summed E-state index contributed by atoms with van der Waals surface area (Å²) in [5.41, 5.74) is 0.792. The molecule has 0 saturated carbocycles. The molecular weight excluding hydrogens is 322 g/mol. The number of nitrogens with zero attached hydrogens (tertiary/aromatic N) is 4. The molecule has 2 heterocycles. The lowest BCUT2D eigenvalue weighted by atomic mass is 10.2. The van der Waals surface area contributed by atoms with Crippen molar-refractivity contribution < 1.29 is 14.3 Å². The Hall–Kier alpha value is -2.74. The maximum Gasteiger partial charge on any atom is 0.252 e. The van der Waals surface area contributed by atoms with Gasteiger partial charge in [-0.05, 0) is 31.4 Å². The highest BCUT2D eigenvalue weighted by molar-refractivity contribution is 5.94. The van der Waals surface area contributed by atoms with Crippen molar-refractivity contribution in [3.63, 3.8) is 0 Å². The Morgan fingerprint density at radius 2 is 2.12 bits per heavy atom. The molecule has 1 unspecified atom stereocenters. The van der Waals surface area contributed by atoms with E-state index in [2.05, 4.69) is 15.4 Å². The molecule has 1 fully saturated rings. The number of nitrogens with one attached hydrogen (secondary N) is 1. The minimum atomic E-state index is -0.469. The molecule has 1 saturated heterocycles. The van der Waals surface area contributed by atoms with Gasteiger partial charge in [0.25, 0.3) is 5.91 Å². The number of amides is 2. The van der Waals surface area contributed by atoms with E-state index >= 15 is 0 Å². The van der Waals surface area contributed by atoms with Crippen molar-refractivity contribution in [2.75, 3.05) is 25.5 Å². The lowest BCUT2D eigenvalue weighted by Gasteiger charge is -2.22. The summed E-state index contributed by atoms with van der Waals surface area (Å²) in [7, 11) is 1.52. The van der Waals surface area contributed by atoms with Crippen molar-refractivity contribution in [2.45, 2.75) is 25.4 Å². The smallest absolute Gasteiger partial charge is 0.252 e. The van der Waals surface area contributed by atoms with E-state index in [1.165, 1.54) is 13.4 Å². The zero-order valence-corrected chi connectivity index (χ0v) is 14.1. The Labute approximate surface area is 145 Å². The first-order valence-electron chi connectivity index (χ1n) is 8.26. The molecule has 2 amide bonds. The zero-order chi connectivity index (χ0) is 17.6. The second-order valence-electron chi connectivity index (χ2n) is 5.86. The first-order valence-corrected chi connectivity index (χ1v) is 8.26. The minimum absolute atomic E-state index is 0.0274. The number of carbonyl (C=O) groups is 2. The molecule has 132 valence electrons. The van der Waals surface area contributed by atoms with Crippen LogP contribution < -0.4 is 5.32 Å². The number of carbonyl (C=O) groups excluding carboxylic acids is 2. The minimum Gasteiger partial charge on any atom is -0.372 e. The molecule has 1 aliphatic rings. The molecule has 25 heavy (non-hydrogen) atoms. The molecule has 0 bridgehead atoms. The van der Waals surface area contributed by atoms with Crippen molar-refractivity contribution >= 4 is 17.8 Å². The van der Waals surface area contributed by atoms with Gasteiger partial charge in [0.2, 0.25) is 11.9 Å². The van der Waals surface area contributed by atoms with Gasteiger partial charge in [-0.25, -0.2) is 0 Å². The summed E-state index contributed by atoms with van der Waals surface area (Å²) in [5, 5.41) is 6.86. The number of likely N-dealkylation sites (tertiary alicyclic amines) is 1. The fourth-order valence-electron chi connectivity index (χ4n) is 2.87. The molecule has 1 N–H and O–H groups in total.